The average Bonchev–Trinajstić information content (AvgIpc) is 2.79. The molecular weight excluding hydrogens is 716 g/mol. The smallest absolute Gasteiger partial charge is 0.471 e. The molecule has 0 fully saturated rings. The Morgan fingerprint density at radius 2 is 1.41 bits per heavy atom. The van der Waals surface area contributed by atoms with Crippen molar-refractivity contribution in [3.63, 3.8) is 0 Å². The minimum Gasteiger partial charge on any atom is -0.495 e. The zero-order valence-corrected chi connectivity index (χ0v) is 23.4. The first-order valence-electron chi connectivity index (χ1n) is 9.58. The molecule has 2 aromatic carbocycles. The van der Waals surface area contributed by atoms with Gasteiger partial charge in [-0.05, 0) is 47.8 Å². The van der Waals surface area contributed by atoms with Crippen molar-refractivity contribution in [2.24, 2.45) is 10.7 Å². The highest BCUT2D eigenvalue weighted by Gasteiger charge is 2.39. The number of aliphatic imine (C=N–C) groups is 1. The van der Waals surface area contributed by atoms with E-state index in [1.165, 1.54) is 26.4 Å². The summed E-state index contributed by atoms with van der Waals surface area (Å²) in [5.74, 6) is -3.60. The summed E-state index contributed by atoms with van der Waals surface area (Å²) >= 11 is 9.49. The quantitative estimate of drug-likeness (QED) is 0.132. The van der Waals surface area contributed by atoms with Gasteiger partial charge in [-0.25, -0.2) is 4.99 Å². The number of nitrogens with one attached hydrogen (secondary N) is 1. The third-order valence-corrected chi connectivity index (χ3v) is 6.51. The van der Waals surface area contributed by atoms with Crippen LogP contribution in [0.4, 0.5) is 37.7 Å². The number of alkyl halides is 6. The number of rotatable bonds is 9. The van der Waals surface area contributed by atoms with Crippen LogP contribution in [0.2, 0.25) is 0 Å². The molecule has 2 rings (SSSR count). The van der Waals surface area contributed by atoms with Gasteiger partial charge >= 0.3 is 18.3 Å². The maximum Gasteiger partial charge on any atom is 0.471 e. The van der Waals surface area contributed by atoms with Gasteiger partial charge in [0.25, 0.3) is 0 Å². The van der Waals surface area contributed by atoms with E-state index in [1.807, 2.05) is 0 Å². The number of nitrogens with zero attached hydrogens (tertiary/aromatic N) is 1. The van der Waals surface area contributed by atoms with Crippen LogP contribution in [0, 0.1) is 0 Å². The first-order chi connectivity index (χ1) is 17.1. The standard InChI is InChI=1S/C20H16Br3F6N3O5/c1-34-10-5-8(31-17(30)19(24,25)26)6-11(14(10)22)36-3-4-37-12-7-9(32-18(33)20(27,28)29)13(21)16(35-2)15(12)23/h5-7H,3-4H2,1-2H3,(H2,30,31)(H,32,33). The molecule has 3 N–H and O–H groups in total. The molecular formula is C20H16Br3F6N3O5. The summed E-state index contributed by atoms with van der Waals surface area (Å²) in [6.07, 6.45) is -9.97. The van der Waals surface area contributed by atoms with Gasteiger partial charge in [-0.1, -0.05) is 0 Å². The van der Waals surface area contributed by atoms with Crippen molar-refractivity contribution >= 4 is 70.9 Å². The second-order valence-corrected chi connectivity index (χ2v) is 9.07. The Hall–Kier alpha value is -2.40. The summed E-state index contributed by atoms with van der Waals surface area (Å²) in [5.41, 5.74) is 4.49. The Bertz CT molecular complexity index is 1190. The molecule has 0 atom stereocenters. The number of anilines is 1. The summed E-state index contributed by atoms with van der Waals surface area (Å²) in [6.45, 7) is -0.373. The first kappa shape index (κ1) is 30.8. The maximum absolute atomic E-state index is 12.7. The predicted molar refractivity (Wildman–Crippen MR) is 132 cm³/mol. The van der Waals surface area contributed by atoms with E-state index in [2.05, 4.69) is 52.8 Å². The van der Waals surface area contributed by atoms with Gasteiger partial charge in [0.2, 0.25) is 5.84 Å². The highest BCUT2D eigenvalue weighted by atomic mass is 79.9. The molecule has 204 valence electrons. The van der Waals surface area contributed by atoms with Crippen LogP contribution in [-0.2, 0) is 4.79 Å². The van der Waals surface area contributed by atoms with E-state index < -0.39 is 24.1 Å². The lowest BCUT2D eigenvalue weighted by molar-refractivity contribution is -0.167. The number of benzene rings is 2. The average molecular weight is 732 g/mol. The van der Waals surface area contributed by atoms with Crippen LogP contribution in [0.15, 0.2) is 36.6 Å². The minimum absolute atomic E-state index is 0.00549. The van der Waals surface area contributed by atoms with Crippen LogP contribution >= 0.6 is 47.8 Å². The summed E-state index contributed by atoms with van der Waals surface area (Å²) < 4.78 is 98.1. The third-order valence-electron chi connectivity index (χ3n) is 4.19. The predicted octanol–water partition coefficient (Wildman–Crippen LogP) is 6.50. The van der Waals surface area contributed by atoms with Crippen molar-refractivity contribution in [3.05, 3.63) is 31.6 Å². The van der Waals surface area contributed by atoms with Crippen LogP contribution in [0.3, 0.4) is 0 Å². The van der Waals surface area contributed by atoms with Crippen molar-refractivity contribution in [1.29, 1.82) is 0 Å². The Morgan fingerprint density at radius 3 is 1.89 bits per heavy atom. The number of amides is 1. The summed E-state index contributed by atoms with van der Waals surface area (Å²) in [5, 5.41) is 1.72. The molecule has 0 saturated heterocycles. The second kappa shape index (κ2) is 12.4. The molecule has 17 heteroatoms. The van der Waals surface area contributed by atoms with Crippen molar-refractivity contribution in [1.82, 2.24) is 0 Å². The topological polar surface area (TPSA) is 104 Å². The van der Waals surface area contributed by atoms with Crippen molar-refractivity contribution in [3.8, 4) is 23.0 Å². The molecule has 0 heterocycles. The Morgan fingerprint density at radius 1 is 0.865 bits per heavy atom. The molecule has 0 aromatic heterocycles. The van der Waals surface area contributed by atoms with E-state index in [-0.39, 0.29) is 61.0 Å². The lowest BCUT2D eigenvalue weighted by Crippen LogP contribution is -2.30. The molecule has 0 aliphatic rings. The fourth-order valence-electron chi connectivity index (χ4n) is 2.54. The van der Waals surface area contributed by atoms with Gasteiger partial charge in [0, 0.05) is 18.2 Å². The molecule has 0 radical (unpaired) electrons. The van der Waals surface area contributed by atoms with Gasteiger partial charge in [-0.15, -0.1) is 0 Å². The SMILES string of the molecule is COc1cc(N=C(N)C(F)(F)F)cc(OCCOc2cc(NC(=O)C(F)(F)F)c(Br)c(OC)c2Br)c1Br. The van der Waals surface area contributed by atoms with Crippen LogP contribution in [0.25, 0.3) is 0 Å². The van der Waals surface area contributed by atoms with Crippen LogP contribution in [-0.4, -0.2) is 51.5 Å². The first-order valence-corrected chi connectivity index (χ1v) is 12.0. The largest absolute Gasteiger partial charge is 0.495 e. The zero-order chi connectivity index (χ0) is 28.1. The monoisotopic (exact) mass is 729 g/mol. The molecule has 0 spiro atoms. The summed E-state index contributed by atoms with van der Waals surface area (Å²) in [7, 11) is 2.53. The van der Waals surface area contributed by atoms with Crippen LogP contribution < -0.4 is 30.0 Å². The highest BCUT2D eigenvalue weighted by molar-refractivity contribution is 9.11. The number of nitrogens with two attached hydrogens (primary N) is 1. The minimum atomic E-state index is -5.13. The number of halogens is 9. The third kappa shape index (κ3) is 8.04. The molecule has 0 aliphatic heterocycles. The van der Waals surface area contributed by atoms with Gasteiger partial charge < -0.3 is 30.0 Å². The second-order valence-electron chi connectivity index (χ2n) is 6.69. The molecule has 0 saturated carbocycles. The van der Waals surface area contributed by atoms with E-state index in [4.69, 9.17) is 24.7 Å². The van der Waals surface area contributed by atoms with E-state index in [0.717, 1.165) is 6.07 Å². The lowest BCUT2D eigenvalue weighted by atomic mass is 10.2. The van der Waals surface area contributed by atoms with Crippen LogP contribution in [0.1, 0.15) is 0 Å². The van der Waals surface area contributed by atoms with Gasteiger partial charge in [-0.3, -0.25) is 4.79 Å². The maximum atomic E-state index is 12.7. The molecule has 0 unspecified atom stereocenters. The fraction of sp³-hybridized carbons (Fsp3) is 0.300. The molecule has 8 nitrogen and oxygen atoms in total. The lowest BCUT2D eigenvalue weighted by Gasteiger charge is -2.17. The molecule has 37 heavy (non-hydrogen) atoms. The number of ether oxygens (including phenoxy) is 4. The summed E-state index contributed by atoms with van der Waals surface area (Å²) in [4.78, 5) is 14.7. The van der Waals surface area contributed by atoms with Crippen molar-refractivity contribution in [2.45, 2.75) is 12.4 Å². The van der Waals surface area contributed by atoms with E-state index >= 15 is 0 Å². The number of hydrogen-bond donors (Lipinski definition) is 2. The Labute approximate surface area is 230 Å². The molecule has 2 aromatic rings. The van der Waals surface area contributed by atoms with Crippen molar-refractivity contribution < 1.29 is 50.1 Å². The number of amidine groups is 1. The van der Waals surface area contributed by atoms with Gasteiger partial charge in [0.1, 0.15) is 39.4 Å². The van der Waals surface area contributed by atoms with Gasteiger partial charge in [0.15, 0.2) is 5.75 Å². The normalized spacial score (nSPS) is 12.2. The van der Waals surface area contributed by atoms with Gasteiger partial charge in [0.05, 0.1) is 30.1 Å². The van der Waals surface area contributed by atoms with E-state index in [1.54, 1.807) is 5.32 Å². The number of hydrogen-bond acceptors (Lipinski definition) is 6. The Kier molecular flexibility index (Phi) is 10.4. The van der Waals surface area contributed by atoms with Gasteiger partial charge in [-0.2, -0.15) is 26.3 Å². The molecule has 0 bridgehead atoms. The molecule has 1 amide bonds. The van der Waals surface area contributed by atoms with E-state index in [9.17, 15) is 31.1 Å². The van der Waals surface area contributed by atoms with E-state index in [0.29, 0.717) is 0 Å². The highest BCUT2D eigenvalue weighted by Crippen LogP contribution is 2.45. The Balaban J connectivity index is 2.22. The number of carbonyl (C=O) groups excluding carboxylic acids is 1. The molecule has 0 aliphatic carbocycles. The fourth-order valence-corrected chi connectivity index (χ4v) is 4.47. The van der Waals surface area contributed by atoms with Crippen molar-refractivity contribution in [2.75, 3.05) is 32.8 Å². The summed E-state index contributed by atoms with van der Waals surface area (Å²) in [6, 6.07) is 3.50. The van der Waals surface area contributed by atoms with Crippen LogP contribution in [0.5, 0.6) is 23.0 Å². The number of carbonyl (C=O) groups is 1. The number of methoxy groups -OCH3 is 2. The zero-order valence-electron chi connectivity index (χ0n) is 18.6.